The Morgan fingerprint density at radius 3 is 2.25 bits per heavy atom. The molecule has 242 valence electrons. The number of carbonyl (C=O) groups excluding carboxylic acids is 1. The monoisotopic (exact) mass is 664 g/mol. The van der Waals surface area contributed by atoms with E-state index in [1.807, 2.05) is 4.90 Å². The molecular formula is C26H32ClF3N6O7S. The lowest BCUT2D eigenvalue weighted by atomic mass is 9.95. The molecule has 44 heavy (non-hydrogen) atoms. The number of ether oxygens (including phenoxy) is 3. The van der Waals surface area contributed by atoms with Crippen LogP contribution in [-0.4, -0.2) is 95.7 Å². The molecule has 2 heterocycles. The van der Waals surface area contributed by atoms with Gasteiger partial charge >= 0.3 is 6.36 Å². The highest BCUT2D eigenvalue weighted by Gasteiger charge is 2.52. The molecule has 18 heteroatoms. The summed E-state index contributed by atoms with van der Waals surface area (Å²) >= 11 is 0. The first-order valence-electron chi connectivity index (χ1n) is 13.2. The van der Waals surface area contributed by atoms with Crippen LogP contribution in [0.15, 0.2) is 53.4 Å². The van der Waals surface area contributed by atoms with Crippen molar-refractivity contribution in [1.29, 1.82) is 0 Å². The Labute approximate surface area is 257 Å². The summed E-state index contributed by atoms with van der Waals surface area (Å²) < 4.78 is 77.0. The lowest BCUT2D eigenvalue weighted by molar-refractivity contribution is -0.274. The van der Waals surface area contributed by atoms with Gasteiger partial charge in [0.1, 0.15) is 11.5 Å². The number of hydrogen-bond acceptors (Lipinski definition) is 11. The van der Waals surface area contributed by atoms with Crippen molar-refractivity contribution < 1.29 is 45.8 Å². The van der Waals surface area contributed by atoms with Crippen LogP contribution in [0.5, 0.6) is 11.5 Å². The molecule has 1 aromatic heterocycles. The molecule has 2 N–H and O–H groups in total. The van der Waals surface area contributed by atoms with Crippen LogP contribution < -0.4 is 15.0 Å². The molecule has 0 unspecified atom stereocenters. The summed E-state index contributed by atoms with van der Waals surface area (Å²) in [6.45, 7) is 2.34. The molecule has 0 atom stereocenters. The van der Waals surface area contributed by atoms with Gasteiger partial charge in [0.15, 0.2) is 14.6 Å². The van der Waals surface area contributed by atoms with Crippen LogP contribution in [0.2, 0.25) is 0 Å². The number of nitrogens with one attached hydrogen (secondary N) is 1. The molecule has 0 aliphatic carbocycles. The Morgan fingerprint density at radius 1 is 1.02 bits per heavy atom. The summed E-state index contributed by atoms with van der Waals surface area (Å²) in [7, 11) is -2.58. The number of halogens is 4. The number of hydroxylamine groups is 1. The van der Waals surface area contributed by atoms with Crippen LogP contribution in [0.3, 0.4) is 0 Å². The van der Waals surface area contributed by atoms with E-state index in [-0.39, 0.29) is 48.3 Å². The maximum atomic E-state index is 13.6. The quantitative estimate of drug-likeness (QED) is 0.157. The molecule has 0 bridgehead atoms. The van der Waals surface area contributed by atoms with Crippen molar-refractivity contribution in [3.05, 3.63) is 48.5 Å². The van der Waals surface area contributed by atoms with Crippen molar-refractivity contribution in [2.45, 2.75) is 41.8 Å². The molecule has 1 amide bonds. The number of benzene rings is 2. The molecule has 13 nitrogen and oxygen atoms in total. The number of likely N-dealkylation sites (tertiary alicyclic amines) is 1. The Kier molecular flexibility index (Phi) is 11.9. The highest BCUT2D eigenvalue weighted by Crippen LogP contribution is 2.36. The zero-order valence-electron chi connectivity index (χ0n) is 23.6. The Bertz CT molecular complexity index is 1470. The number of carbonyl (C=O) groups is 1. The van der Waals surface area contributed by atoms with Gasteiger partial charge in [-0.1, -0.05) is 0 Å². The van der Waals surface area contributed by atoms with Crippen molar-refractivity contribution in [3.63, 3.8) is 0 Å². The number of alkyl halides is 3. The van der Waals surface area contributed by atoms with E-state index in [0.29, 0.717) is 50.5 Å². The zero-order chi connectivity index (χ0) is 31.1. The number of rotatable bonds is 13. The van der Waals surface area contributed by atoms with Gasteiger partial charge in [0, 0.05) is 38.7 Å². The number of amides is 1. The standard InChI is InChI=1S/C26H31F3N6O7S.ClH/c1-40-18-16-34-14-11-25(12-15-34,24(36)32-37)43(38,39)22-9-7-20(8-10-22)41-17-2-13-35-31-23(30-33-35)19-3-5-21(6-4-19)42-26(27,28)29;/h3-10,37H,2,11-18H2,1H3,(H,32,36);1H. The number of piperidine rings is 1. The highest BCUT2D eigenvalue weighted by molar-refractivity contribution is 7.93. The van der Waals surface area contributed by atoms with Gasteiger partial charge < -0.3 is 19.1 Å². The van der Waals surface area contributed by atoms with Gasteiger partial charge in [-0.15, -0.1) is 35.8 Å². The van der Waals surface area contributed by atoms with Crippen molar-refractivity contribution in [2.24, 2.45) is 0 Å². The predicted molar refractivity (Wildman–Crippen MR) is 151 cm³/mol. The van der Waals surface area contributed by atoms with Gasteiger partial charge in [-0.25, -0.2) is 13.9 Å². The third kappa shape index (κ3) is 8.35. The average molecular weight is 665 g/mol. The number of sulfone groups is 1. The van der Waals surface area contributed by atoms with E-state index in [9.17, 15) is 31.6 Å². The molecule has 1 aliphatic heterocycles. The van der Waals surface area contributed by atoms with Crippen molar-refractivity contribution in [1.82, 2.24) is 30.6 Å². The molecule has 4 rings (SSSR count). The van der Waals surface area contributed by atoms with Gasteiger partial charge in [0.2, 0.25) is 5.82 Å². The normalized spacial score (nSPS) is 15.3. The maximum Gasteiger partial charge on any atom is 0.573 e. The SMILES string of the molecule is COCCN1CCC(C(=O)NO)(S(=O)(=O)c2ccc(OCCCn3nnc(-c4ccc(OC(F)(F)F)cc4)n3)cc2)CC1.Cl. The molecule has 2 aromatic carbocycles. The van der Waals surface area contributed by atoms with Crippen molar-refractivity contribution in [2.75, 3.05) is 40.0 Å². The van der Waals surface area contributed by atoms with E-state index in [0.717, 1.165) is 12.1 Å². The number of hydrogen-bond donors (Lipinski definition) is 2. The van der Waals surface area contributed by atoms with Gasteiger partial charge in [-0.2, -0.15) is 4.80 Å². The van der Waals surface area contributed by atoms with E-state index in [1.54, 1.807) is 12.6 Å². The number of tetrazole rings is 1. The average Bonchev–Trinajstić information content (AvgIpc) is 3.47. The van der Waals surface area contributed by atoms with Crippen molar-refractivity contribution in [3.8, 4) is 22.9 Å². The second-order valence-electron chi connectivity index (χ2n) is 9.73. The summed E-state index contributed by atoms with van der Waals surface area (Å²) in [4.78, 5) is 15.9. The second-order valence-corrected chi connectivity index (χ2v) is 12.0. The summed E-state index contributed by atoms with van der Waals surface area (Å²) in [5.74, 6) is -0.691. The van der Waals surface area contributed by atoms with E-state index in [4.69, 9.17) is 9.47 Å². The van der Waals surface area contributed by atoms with Crippen LogP contribution in [0, 0.1) is 0 Å². The fraction of sp³-hybridized carbons (Fsp3) is 0.462. The molecule has 1 fully saturated rings. The fourth-order valence-corrected chi connectivity index (χ4v) is 6.63. The molecule has 1 saturated heterocycles. The Morgan fingerprint density at radius 2 is 1.66 bits per heavy atom. The smallest absolute Gasteiger partial charge is 0.494 e. The van der Waals surface area contributed by atoms with Crippen LogP contribution in [0.4, 0.5) is 13.2 Å². The summed E-state index contributed by atoms with van der Waals surface area (Å²) in [5, 5.41) is 21.4. The number of aryl methyl sites for hydroxylation is 1. The number of methoxy groups -OCH3 is 1. The van der Waals surface area contributed by atoms with E-state index in [2.05, 4.69) is 20.1 Å². The van der Waals surface area contributed by atoms with Gasteiger partial charge in [0.05, 0.1) is 24.7 Å². The topological polar surface area (TPSA) is 158 Å². The minimum Gasteiger partial charge on any atom is -0.494 e. The first kappa shape index (κ1) is 35.0. The molecular weight excluding hydrogens is 633 g/mol. The van der Waals surface area contributed by atoms with E-state index >= 15 is 0 Å². The second kappa shape index (κ2) is 15.0. The number of nitrogens with zero attached hydrogens (tertiary/aromatic N) is 5. The predicted octanol–water partition coefficient (Wildman–Crippen LogP) is 2.89. The third-order valence-electron chi connectivity index (χ3n) is 7.01. The van der Waals surface area contributed by atoms with Gasteiger partial charge in [-0.3, -0.25) is 10.0 Å². The van der Waals surface area contributed by atoms with E-state index in [1.165, 1.54) is 41.2 Å². The van der Waals surface area contributed by atoms with Crippen LogP contribution >= 0.6 is 12.4 Å². The molecule has 0 radical (unpaired) electrons. The van der Waals surface area contributed by atoms with Crippen molar-refractivity contribution >= 4 is 28.2 Å². The summed E-state index contributed by atoms with van der Waals surface area (Å²) in [6.07, 6.45) is -4.29. The van der Waals surface area contributed by atoms with Gasteiger partial charge in [0.25, 0.3) is 5.91 Å². The lowest BCUT2D eigenvalue weighted by Crippen LogP contribution is -2.57. The van der Waals surface area contributed by atoms with Gasteiger partial charge in [-0.05, 0) is 66.6 Å². The summed E-state index contributed by atoms with van der Waals surface area (Å²) in [6, 6.07) is 10.8. The fourth-order valence-electron chi connectivity index (χ4n) is 4.67. The third-order valence-corrected chi connectivity index (χ3v) is 9.52. The first-order chi connectivity index (χ1) is 20.5. The lowest BCUT2D eigenvalue weighted by Gasteiger charge is -2.39. The highest BCUT2D eigenvalue weighted by atomic mass is 35.5. The van der Waals surface area contributed by atoms with Crippen LogP contribution in [0.25, 0.3) is 11.4 Å². The first-order valence-corrected chi connectivity index (χ1v) is 14.7. The molecule has 0 spiro atoms. The minimum absolute atomic E-state index is 0. The molecule has 1 aliphatic rings. The largest absolute Gasteiger partial charge is 0.573 e. The molecule has 0 saturated carbocycles. The Balaban J connectivity index is 0.00000529. The Hall–Kier alpha value is -3.51. The maximum absolute atomic E-state index is 13.6. The summed E-state index contributed by atoms with van der Waals surface area (Å²) in [5.41, 5.74) is 2.00. The molecule has 3 aromatic rings. The van der Waals surface area contributed by atoms with Crippen LogP contribution in [-0.2, 0) is 25.9 Å². The van der Waals surface area contributed by atoms with Crippen LogP contribution in [0.1, 0.15) is 19.3 Å². The van der Waals surface area contributed by atoms with E-state index < -0.39 is 26.9 Å². The zero-order valence-corrected chi connectivity index (χ0v) is 25.2. The minimum atomic E-state index is -4.78. The number of aromatic nitrogens is 4.